The van der Waals surface area contributed by atoms with Crippen LogP contribution < -0.4 is 0 Å². The Bertz CT molecular complexity index is 844. The molecule has 0 amide bonds. The summed E-state index contributed by atoms with van der Waals surface area (Å²) >= 11 is 0. The maximum absolute atomic E-state index is 4.66. The van der Waals surface area contributed by atoms with Crippen molar-refractivity contribution in [1.82, 2.24) is 0 Å². The fourth-order valence-electron chi connectivity index (χ4n) is 6.64. The highest BCUT2D eigenvalue weighted by Crippen LogP contribution is 2.48. The number of benzene rings is 1. The van der Waals surface area contributed by atoms with E-state index in [4.69, 9.17) is 0 Å². The fourth-order valence-corrected chi connectivity index (χ4v) is 6.64. The number of aryl methyl sites for hydroxylation is 2. The molecule has 0 aromatic heterocycles. The molecule has 0 nitrogen and oxygen atoms in total. The highest BCUT2D eigenvalue weighted by Gasteiger charge is 2.36. The van der Waals surface area contributed by atoms with Crippen molar-refractivity contribution in [1.29, 1.82) is 0 Å². The van der Waals surface area contributed by atoms with Gasteiger partial charge in [-0.25, -0.2) is 0 Å². The zero-order chi connectivity index (χ0) is 30.9. The third-order valence-electron chi connectivity index (χ3n) is 8.77. The number of hydrogen-bond donors (Lipinski definition) is 0. The van der Waals surface area contributed by atoms with Crippen molar-refractivity contribution in [3.8, 4) is 0 Å². The fraction of sp³-hybridized carbons (Fsp3) is 0.750. The lowest BCUT2D eigenvalue weighted by Gasteiger charge is -2.41. The lowest BCUT2D eigenvalue weighted by atomic mass is 9.64. The van der Waals surface area contributed by atoms with E-state index in [1.165, 1.54) is 87.3 Å². The first kappa shape index (κ1) is 38.7. The molecule has 0 fully saturated rings. The average molecular weight is 553 g/mol. The van der Waals surface area contributed by atoms with Gasteiger partial charge in [-0.3, -0.25) is 0 Å². The number of unbranched alkanes of at least 4 members (excludes halogenated alkanes) is 2. The largest absolute Gasteiger partial charge is 0.0992 e. The molecule has 40 heavy (non-hydrogen) atoms. The van der Waals surface area contributed by atoms with Crippen LogP contribution >= 0.6 is 0 Å². The minimum atomic E-state index is 0.316. The molecular weight excluding hydrogens is 480 g/mol. The second-order valence-electron chi connectivity index (χ2n) is 13.9. The second-order valence-corrected chi connectivity index (χ2v) is 13.9. The summed E-state index contributed by atoms with van der Waals surface area (Å²) in [6.45, 7) is 34.4. The van der Waals surface area contributed by atoms with E-state index in [1.54, 1.807) is 16.7 Å². The Morgan fingerprint density at radius 3 is 2.05 bits per heavy atom. The molecule has 2 rings (SSSR count). The van der Waals surface area contributed by atoms with Crippen molar-refractivity contribution in [3.63, 3.8) is 0 Å². The van der Waals surface area contributed by atoms with Crippen LogP contribution in [0.5, 0.6) is 0 Å². The molecule has 0 saturated heterocycles. The molecule has 1 aromatic rings. The third kappa shape index (κ3) is 13.6. The normalized spacial score (nSPS) is 17.8. The molecule has 0 radical (unpaired) electrons. The van der Waals surface area contributed by atoms with Gasteiger partial charge in [0.1, 0.15) is 0 Å². The number of allylic oxidation sites excluding steroid dienone is 3. The summed E-state index contributed by atoms with van der Waals surface area (Å²) in [4.78, 5) is 0. The van der Waals surface area contributed by atoms with Crippen molar-refractivity contribution in [3.05, 3.63) is 58.2 Å². The summed E-state index contributed by atoms with van der Waals surface area (Å²) in [5, 5.41) is 0. The van der Waals surface area contributed by atoms with Gasteiger partial charge in [0.05, 0.1) is 0 Å². The Morgan fingerprint density at radius 2 is 1.57 bits per heavy atom. The summed E-state index contributed by atoms with van der Waals surface area (Å²) in [7, 11) is 0. The molecule has 232 valence electrons. The van der Waals surface area contributed by atoms with Gasteiger partial charge in [0, 0.05) is 5.92 Å². The Hall–Kier alpha value is -1.30. The molecule has 0 heterocycles. The minimum Gasteiger partial charge on any atom is -0.0992 e. The zero-order valence-corrected chi connectivity index (χ0v) is 29.7. The van der Waals surface area contributed by atoms with Crippen molar-refractivity contribution in [2.45, 2.75) is 173 Å². The topological polar surface area (TPSA) is 0 Å². The van der Waals surface area contributed by atoms with Crippen LogP contribution in [0.25, 0.3) is 0 Å². The maximum atomic E-state index is 4.66. The van der Waals surface area contributed by atoms with E-state index >= 15 is 0 Å². The van der Waals surface area contributed by atoms with Crippen LogP contribution in [0.2, 0.25) is 0 Å². The molecule has 0 heteroatoms. The standard InChI is InChI=1S/C32H52.C6H14.C2H6/c1-10-13-14-16-27(12-3)24(5)21-28-22-26(15-11-2)20-25(6)31(28)29-19-23(4)17-18-30(29)32(7,8)9;1-4-5-6(2)3;1-2/h19-20,22,27,29-30H,5,10-18,21H2,1-4,6-9H3;6H,4-5H2,1-3H3;1-2H3. The van der Waals surface area contributed by atoms with Crippen LogP contribution in [-0.2, 0) is 12.8 Å². The maximum Gasteiger partial charge on any atom is 0.00594 e. The predicted octanol–water partition coefficient (Wildman–Crippen LogP) is 13.6. The summed E-state index contributed by atoms with van der Waals surface area (Å²) in [6, 6.07) is 5.04. The zero-order valence-electron chi connectivity index (χ0n) is 29.7. The van der Waals surface area contributed by atoms with Crippen LogP contribution in [0.3, 0.4) is 0 Å². The number of rotatable bonds is 13. The van der Waals surface area contributed by atoms with Crippen LogP contribution in [0.15, 0.2) is 35.9 Å². The van der Waals surface area contributed by atoms with Gasteiger partial charge in [0.25, 0.3) is 0 Å². The van der Waals surface area contributed by atoms with Gasteiger partial charge in [-0.2, -0.15) is 0 Å². The lowest BCUT2D eigenvalue weighted by molar-refractivity contribution is 0.197. The molecule has 1 aliphatic carbocycles. The summed E-state index contributed by atoms with van der Waals surface area (Å²) in [5.74, 6) is 2.78. The lowest BCUT2D eigenvalue weighted by Crippen LogP contribution is -2.29. The molecular formula is C40H72. The van der Waals surface area contributed by atoms with Gasteiger partial charge in [0.15, 0.2) is 0 Å². The van der Waals surface area contributed by atoms with Crippen LogP contribution in [-0.4, -0.2) is 0 Å². The van der Waals surface area contributed by atoms with Crippen LogP contribution in [0.1, 0.15) is 175 Å². The van der Waals surface area contributed by atoms with Gasteiger partial charge in [0.2, 0.25) is 0 Å². The first-order valence-corrected chi connectivity index (χ1v) is 17.4. The molecule has 3 unspecified atom stereocenters. The summed E-state index contributed by atoms with van der Waals surface area (Å²) in [5.41, 5.74) is 9.55. The second kappa shape index (κ2) is 20.6. The predicted molar refractivity (Wildman–Crippen MR) is 186 cm³/mol. The highest BCUT2D eigenvalue weighted by atomic mass is 14.4. The van der Waals surface area contributed by atoms with E-state index in [9.17, 15) is 0 Å². The van der Waals surface area contributed by atoms with Crippen molar-refractivity contribution < 1.29 is 0 Å². The van der Waals surface area contributed by atoms with Crippen molar-refractivity contribution >= 4 is 0 Å². The summed E-state index contributed by atoms with van der Waals surface area (Å²) < 4.78 is 0. The third-order valence-corrected chi connectivity index (χ3v) is 8.77. The monoisotopic (exact) mass is 553 g/mol. The van der Waals surface area contributed by atoms with Crippen LogP contribution in [0.4, 0.5) is 0 Å². The Morgan fingerprint density at radius 1 is 0.925 bits per heavy atom. The van der Waals surface area contributed by atoms with Gasteiger partial charge < -0.3 is 0 Å². The van der Waals surface area contributed by atoms with Crippen molar-refractivity contribution in [2.75, 3.05) is 0 Å². The summed E-state index contributed by atoms with van der Waals surface area (Å²) in [6.07, 6.45) is 17.8. The number of hydrogen-bond acceptors (Lipinski definition) is 0. The molecule has 1 aliphatic rings. The molecule has 0 bridgehead atoms. The van der Waals surface area contributed by atoms with Gasteiger partial charge in [-0.05, 0) is 97.8 Å². The first-order chi connectivity index (χ1) is 18.9. The Labute approximate surface area is 253 Å². The van der Waals surface area contributed by atoms with E-state index in [0.29, 0.717) is 23.2 Å². The minimum absolute atomic E-state index is 0.316. The SMILES string of the molecule is C=C(Cc1cc(CCC)cc(C)c1C1C=C(C)CCC1C(C)(C)C)C(CC)CCCCC.CC.CCCC(C)C. The smallest absolute Gasteiger partial charge is 0.00594 e. The van der Waals surface area contributed by atoms with E-state index < -0.39 is 0 Å². The highest BCUT2D eigenvalue weighted by molar-refractivity contribution is 5.46. The Kier molecular flexibility index (Phi) is 19.9. The van der Waals surface area contributed by atoms with E-state index in [1.807, 2.05) is 13.8 Å². The molecule has 1 aromatic carbocycles. The molecule has 0 saturated carbocycles. The van der Waals surface area contributed by atoms with E-state index in [0.717, 1.165) is 12.3 Å². The molecule has 0 spiro atoms. The van der Waals surface area contributed by atoms with Gasteiger partial charge >= 0.3 is 0 Å². The van der Waals surface area contributed by atoms with E-state index in [-0.39, 0.29) is 0 Å². The molecule has 3 atom stereocenters. The quantitative estimate of drug-likeness (QED) is 0.169. The van der Waals surface area contributed by atoms with Crippen molar-refractivity contribution in [2.24, 2.45) is 23.2 Å². The van der Waals surface area contributed by atoms with E-state index in [2.05, 4.69) is 101 Å². The average Bonchev–Trinajstić information content (AvgIpc) is 2.87. The molecule has 0 N–H and O–H groups in total. The van der Waals surface area contributed by atoms with Gasteiger partial charge in [-0.15, -0.1) is 0 Å². The first-order valence-electron chi connectivity index (χ1n) is 17.4. The molecule has 0 aliphatic heterocycles. The van der Waals surface area contributed by atoms with Gasteiger partial charge in [-0.1, -0.05) is 151 Å². The Balaban J connectivity index is 0.00000168. The van der Waals surface area contributed by atoms with Crippen LogP contribution in [0, 0.1) is 30.1 Å².